The number of aromatic nitrogens is 7. The van der Waals surface area contributed by atoms with E-state index in [1.54, 1.807) is 24.9 Å². The Morgan fingerprint density at radius 3 is 2.36 bits per heavy atom. The van der Waals surface area contributed by atoms with E-state index in [9.17, 15) is 0 Å². The van der Waals surface area contributed by atoms with Gasteiger partial charge in [-0.25, -0.2) is 15.0 Å². The van der Waals surface area contributed by atoms with Gasteiger partial charge in [-0.05, 0) is 25.1 Å². The van der Waals surface area contributed by atoms with Gasteiger partial charge in [0, 0.05) is 50.2 Å². The normalized spacial score (nSPS) is 14.6. The van der Waals surface area contributed by atoms with Gasteiger partial charge in [-0.2, -0.15) is 0 Å². The Morgan fingerprint density at radius 2 is 1.61 bits per heavy atom. The molecule has 0 N–H and O–H groups in total. The molecule has 4 aromatic rings. The lowest BCUT2D eigenvalue weighted by atomic mass is 10.2. The molecular weight excluding hydrogens is 354 g/mol. The SMILES string of the molecule is Cc1nccn1-c1ccc(N2CCN(c3ncnc4cnccc34)CC2)nn1. The summed E-state index contributed by atoms with van der Waals surface area (Å²) in [6, 6.07) is 5.97. The van der Waals surface area contributed by atoms with Gasteiger partial charge in [0.15, 0.2) is 11.6 Å². The number of anilines is 2. The molecule has 0 saturated carbocycles. The number of nitrogens with zero attached hydrogens (tertiary/aromatic N) is 9. The first kappa shape index (κ1) is 16.5. The zero-order chi connectivity index (χ0) is 18.9. The van der Waals surface area contributed by atoms with Crippen LogP contribution in [0.4, 0.5) is 11.6 Å². The van der Waals surface area contributed by atoms with Gasteiger partial charge < -0.3 is 9.80 Å². The molecule has 1 fully saturated rings. The molecule has 0 spiro atoms. The standard InChI is InChI=1S/C19H19N9/c1-14-21-6-7-28(14)18-3-2-17(24-25-18)26-8-10-27(11-9-26)19-15-4-5-20-12-16(15)22-13-23-19/h2-7,12-13H,8-11H2,1H3. The van der Waals surface area contributed by atoms with Crippen LogP contribution in [0.2, 0.25) is 0 Å². The van der Waals surface area contributed by atoms with Gasteiger partial charge in [-0.15, -0.1) is 10.2 Å². The van der Waals surface area contributed by atoms with E-state index in [1.165, 1.54) is 0 Å². The summed E-state index contributed by atoms with van der Waals surface area (Å²) in [4.78, 5) is 21.7. The molecule has 9 nitrogen and oxygen atoms in total. The first-order chi connectivity index (χ1) is 13.8. The molecule has 1 aliphatic rings. The van der Waals surface area contributed by atoms with Crippen molar-refractivity contribution in [3.8, 4) is 5.82 Å². The average Bonchev–Trinajstić information content (AvgIpc) is 3.19. The van der Waals surface area contributed by atoms with Gasteiger partial charge in [0.25, 0.3) is 0 Å². The second-order valence-corrected chi connectivity index (χ2v) is 6.66. The van der Waals surface area contributed by atoms with E-state index in [2.05, 4.69) is 39.9 Å². The number of fused-ring (bicyclic) bond motifs is 1. The fourth-order valence-corrected chi connectivity index (χ4v) is 3.53. The summed E-state index contributed by atoms with van der Waals surface area (Å²) in [5.41, 5.74) is 0.867. The summed E-state index contributed by atoms with van der Waals surface area (Å²) < 4.78 is 1.92. The van der Waals surface area contributed by atoms with Crippen LogP contribution in [0, 0.1) is 6.92 Å². The molecule has 5 heterocycles. The predicted octanol–water partition coefficient (Wildman–Crippen LogP) is 1.64. The summed E-state index contributed by atoms with van der Waals surface area (Å²) in [7, 11) is 0. The van der Waals surface area contributed by atoms with Gasteiger partial charge in [-0.1, -0.05) is 0 Å². The van der Waals surface area contributed by atoms with Crippen LogP contribution >= 0.6 is 0 Å². The third-order valence-corrected chi connectivity index (χ3v) is 5.03. The highest BCUT2D eigenvalue weighted by Crippen LogP contribution is 2.24. The largest absolute Gasteiger partial charge is 0.352 e. The third kappa shape index (κ3) is 2.90. The van der Waals surface area contributed by atoms with Crippen molar-refractivity contribution in [2.24, 2.45) is 0 Å². The molecule has 28 heavy (non-hydrogen) atoms. The van der Waals surface area contributed by atoms with Gasteiger partial charge in [-0.3, -0.25) is 9.55 Å². The number of imidazole rings is 1. The number of piperazine rings is 1. The van der Waals surface area contributed by atoms with Crippen LogP contribution in [-0.2, 0) is 0 Å². The molecule has 4 aromatic heterocycles. The van der Waals surface area contributed by atoms with Crippen molar-refractivity contribution < 1.29 is 0 Å². The van der Waals surface area contributed by atoms with E-state index in [0.29, 0.717) is 0 Å². The number of pyridine rings is 1. The highest BCUT2D eigenvalue weighted by Gasteiger charge is 2.21. The Hall–Kier alpha value is -3.62. The second kappa shape index (κ2) is 6.84. The number of aryl methyl sites for hydroxylation is 1. The molecule has 1 saturated heterocycles. The third-order valence-electron chi connectivity index (χ3n) is 5.03. The molecule has 0 aromatic carbocycles. The van der Waals surface area contributed by atoms with Crippen molar-refractivity contribution in [1.82, 2.24) is 34.7 Å². The van der Waals surface area contributed by atoms with Gasteiger partial charge in [0.2, 0.25) is 0 Å². The molecule has 0 atom stereocenters. The minimum absolute atomic E-state index is 0.776. The highest BCUT2D eigenvalue weighted by molar-refractivity contribution is 5.88. The first-order valence-corrected chi connectivity index (χ1v) is 9.18. The lowest BCUT2D eigenvalue weighted by Gasteiger charge is -2.36. The van der Waals surface area contributed by atoms with E-state index in [4.69, 9.17) is 0 Å². The Kier molecular flexibility index (Phi) is 4.04. The molecule has 140 valence electrons. The van der Waals surface area contributed by atoms with Gasteiger partial charge in [0.05, 0.1) is 11.7 Å². The zero-order valence-corrected chi connectivity index (χ0v) is 15.5. The van der Waals surface area contributed by atoms with Crippen LogP contribution in [0.3, 0.4) is 0 Å². The maximum atomic E-state index is 4.51. The monoisotopic (exact) mass is 373 g/mol. The average molecular weight is 373 g/mol. The summed E-state index contributed by atoms with van der Waals surface area (Å²) in [6.45, 7) is 5.38. The Balaban J connectivity index is 1.31. The lowest BCUT2D eigenvalue weighted by Crippen LogP contribution is -2.47. The fourth-order valence-electron chi connectivity index (χ4n) is 3.53. The Bertz CT molecular complexity index is 1090. The van der Waals surface area contributed by atoms with Crippen LogP contribution in [0.25, 0.3) is 16.7 Å². The van der Waals surface area contributed by atoms with E-state index >= 15 is 0 Å². The molecule has 0 radical (unpaired) electrons. The molecule has 0 bridgehead atoms. The van der Waals surface area contributed by atoms with Crippen molar-refractivity contribution in [2.75, 3.05) is 36.0 Å². The Labute approximate surface area is 161 Å². The molecule has 5 rings (SSSR count). The molecule has 0 aliphatic carbocycles. The van der Waals surface area contributed by atoms with E-state index in [1.807, 2.05) is 35.9 Å². The predicted molar refractivity (Wildman–Crippen MR) is 106 cm³/mol. The van der Waals surface area contributed by atoms with Crippen LogP contribution in [-0.4, -0.2) is 60.9 Å². The summed E-state index contributed by atoms with van der Waals surface area (Å²) >= 11 is 0. The number of hydrogen-bond acceptors (Lipinski definition) is 8. The maximum absolute atomic E-state index is 4.51. The molecule has 0 unspecified atom stereocenters. The van der Waals surface area contributed by atoms with Crippen LogP contribution < -0.4 is 9.80 Å². The summed E-state index contributed by atoms with van der Waals surface area (Å²) in [5.74, 6) is 3.52. The fraction of sp³-hybridized carbons (Fsp3) is 0.263. The maximum Gasteiger partial charge on any atom is 0.160 e. The minimum Gasteiger partial charge on any atom is -0.352 e. The van der Waals surface area contributed by atoms with Crippen molar-refractivity contribution in [1.29, 1.82) is 0 Å². The van der Waals surface area contributed by atoms with Crippen molar-refractivity contribution in [3.05, 3.63) is 55.1 Å². The Morgan fingerprint density at radius 1 is 0.821 bits per heavy atom. The number of rotatable bonds is 3. The minimum atomic E-state index is 0.776. The number of hydrogen-bond donors (Lipinski definition) is 0. The summed E-state index contributed by atoms with van der Waals surface area (Å²) in [6.07, 6.45) is 8.81. The van der Waals surface area contributed by atoms with Gasteiger partial charge >= 0.3 is 0 Å². The quantitative estimate of drug-likeness (QED) is 0.535. The smallest absolute Gasteiger partial charge is 0.160 e. The lowest BCUT2D eigenvalue weighted by molar-refractivity contribution is 0.638. The molecule has 1 aliphatic heterocycles. The van der Waals surface area contributed by atoms with E-state index in [0.717, 1.165) is 60.4 Å². The van der Waals surface area contributed by atoms with Crippen LogP contribution in [0.15, 0.2) is 49.3 Å². The molecule has 0 amide bonds. The van der Waals surface area contributed by atoms with E-state index < -0.39 is 0 Å². The zero-order valence-electron chi connectivity index (χ0n) is 15.5. The second-order valence-electron chi connectivity index (χ2n) is 6.66. The summed E-state index contributed by atoms with van der Waals surface area (Å²) in [5, 5.41) is 9.82. The van der Waals surface area contributed by atoms with Crippen molar-refractivity contribution >= 4 is 22.5 Å². The molecule has 9 heteroatoms. The first-order valence-electron chi connectivity index (χ1n) is 9.18. The van der Waals surface area contributed by atoms with Crippen LogP contribution in [0.1, 0.15) is 5.82 Å². The van der Waals surface area contributed by atoms with Gasteiger partial charge in [0.1, 0.15) is 18.0 Å². The molecular formula is C19H19N9. The van der Waals surface area contributed by atoms with Crippen molar-refractivity contribution in [3.63, 3.8) is 0 Å². The topological polar surface area (TPSA) is 88.8 Å². The van der Waals surface area contributed by atoms with E-state index in [-0.39, 0.29) is 0 Å². The highest BCUT2D eigenvalue weighted by atomic mass is 15.3. The van der Waals surface area contributed by atoms with Crippen LogP contribution in [0.5, 0.6) is 0 Å². The van der Waals surface area contributed by atoms with Crippen molar-refractivity contribution in [2.45, 2.75) is 6.92 Å².